The van der Waals surface area contributed by atoms with Gasteiger partial charge in [0, 0.05) is 24.2 Å². The van der Waals surface area contributed by atoms with E-state index in [-0.39, 0.29) is 40.6 Å². The number of piperazine rings is 1. The second-order valence-corrected chi connectivity index (χ2v) is 13.3. The molecule has 0 amide bonds. The maximum Gasteiger partial charge on any atom is 0.319 e. The number of anilines is 1. The molecule has 2 aromatic heterocycles. The number of phenols is 1. The summed E-state index contributed by atoms with van der Waals surface area (Å²) in [6.07, 6.45) is 7.44. The topological polar surface area (TPSA) is 95.9 Å². The van der Waals surface area contributed by atoms with Crippen molar-refractivity contribution < 1.29 is 19.0 Å². The number of aromatic nitrogens is 3. The molecule has 2 bridgehead atoms. The van der Waals surface area contributed by atoms with E-state index in [1.807, 2.05) is 18.2 Å². The van der Waals surface area contributed by atoms with Crippen molar-refractivity contribution in [3.63, 3.8) is 0 Å². The largest absolute Gasteiger partial charge is 0.508 e. The summed E-state index contributed by atoms with van der Waals surface area (Å²) >= 11 is 0. The van der Waals surface area contributed by atoms with Crippen LogP contribution in [0.5, 0.6) is 17.6 Å². The summed E-state index contributed by atoms with van der Waals surface area (Å²) in [4.78, 5) is 19.4. The first-order valence-electron chi connectivity index (χ1n) is 16.2. The normalized spacial score (nSPS) is 25.2. The number of ether oxygens (including phenoxy) is 2. The van der Waals surface area contributed by atoms with Gasteiger partial charge in [0.15, 0.2) is 5.82 Å². The average Bonchev–Trinajstić information content (AvgIpc) is 3.71. The van der Waals surface area contributed by atoms with Crippen LogP contribution in [-0.4, -0.2) is 81.5 Å². The molecule has 0 radical (unpaired) electrons. The van der Waals surface area contributed by atoms with E-state index in [9.17, 15) is 5.11 Å². The molecule has 10 heteroatoms. The van der Waals surface area contributed by atoms with Gasteiger partial charge in [-0.05, 0) is 86.5 Å². The highest BCUT2D eigenvalue weighted by molar-refractivity contribution is 6.03. The van der Waals surface area contributed by atoms with Crippen molar-refractivity contribution in [2.45, 2.75) is 75.5 Å². The number of nitrogens with one attached hydrogen (secondary N) is 1. The number of hydrogen-bond donors (Lipinski definition) is 2. The fourth-order valence-corrected chi connectivity index (χ4v) is 8.79. The number of rotatable bonds is 5. The molecule has 0 unspecified atom stereocenters. The molecule has 4 saturated heterocycles. The van der Waals surface area contributed by atoms with Crippen LogP contribution in [0, 0.1) is 5.82 Å². The quantitative estimate of drug-likeness (QED) is 0.331. The Morgan fingerprint density at radius 1 is 1.11 bits per heavy atom. The number of benzene rings is 2. The molecule has 228 valence electrons. The van der Waals surface area contributed by atoms with Gasteiger partial charge in [-0.15, -0.1) is 0 Å². The summed E-state index contributed by atoms with van der Waals surface area (Å²) in [6, 6.07) is 10.1. The SMILES string of the molecule is CCc1cccc2cc(O)cc(-c3nc4c5c(nc(OCC67CCCN6CCC7)nc5c3F)N3C[C@H]5CC[C@H](N5)[C@H]3CO4)c12. The number of fused-ring (bicyclic) bond motifs is 7. The highest BCUT2D eigenvalue weighted by atomic mass is 19.1. The summed E-state index contributed by atoms with van der Waals surface area (Å²) in [5, 5.41) is 16.6. The molecule has 4 fully saturated rings. The summed E-state index contributed by atoms with van der Waals surface area (Å²) < 4.78 is 29.9. The van der Waals surface area contributed by atoms with Crippen molar-refractivity contribution >= 4 is 27.5 Å². The van der Waals surface area contributed by atoms with Gasteiger partial charge in [0.2, 0.25) is 5.88 Å². The van der Waals surface area contributed by atoms with E-state index < -0.39 is 5.82 Å². The van der Waals surface area contributed by atoms with Gasteiger partial charge in [0.1, 0.15) is 41.4 Å². The number of phenolic OH excluding ortho intramolecular Hbond substituents is 1. The lowest BCUT2D eigenvalue weighted by atomic mass is 9.95. The Balaban J connectivity index is 1.24. The number of hydrogen-bond acceptors (Lipinski definition) is 9. The molecule has 2 N–H and O–H groups in total. The molecule has 4 aromatic rings. The molecule has 0 aliphatic carbocycles. The first-order chi connectivity index (χ1) is 21.5. The Labute approximate surface area is 255 Å². The van der Waals surface area contributed by atoms with E-state index in [2.05, 4.69) is 22.0 Å². The Morgan fingerprint density at radius 3 is 2.82 bits per heavy atom. The lowest BCUT2D eigenvalue weighted by Gasteiger charge is -2.40. The molecule has 0 saturated carbocycles. The van der Waals surface area contributed by atoms with Crippen LogP contribution >= 0.6 is 0 Å². The van der Waals surface area contributed by atoms with Gasteiger partial charge in [-0.2, -0.15) is 9.97 Å². The van der Waals surface area contributed by atoms with Gasteiger partial charge in [-0.1, -0.05) is 25.1 Å². The van der Waals surface area contributed by atoms with Crippen molar-refractivity contribution in [2.75, 3.05) is 37.7 Å². The van der Waals surface area contributed by atoms with E-state index in [0.717, 1.165) is 68.1 Å². The standard InChI is InChI=1S/C34H37FN6O3/c1-2-19-6-3-7-20-14-22(42)15-23(26(19)20)29-28(35)30-27-31(39-33(38-30)44-18-34-10-4-12-40(34)13-5-11-34)41-16-21-8-9-24(36-21)25(41)17-43-32(27)37-29/h3,6-7,14-15,21,24-25,36,42H,2,4-5,8-13,16-18H2,1H3/t21-,24+,25-/m1/s1. The molecule has 9 nitrogen and oxygen atoms in total. The minimum atomic E-state index is -0.559. The van der Waals surface area contributed by atoms with Crippen LogP contribution in [-0.2, 0) is 6.42 Å². The summed E-state index contributed by atoms with van der Waals surface area (Å²) in [6.45, 7) is 5.93. The zero-order chi connectivity index (χ0) is 29.6. The number of nitrogens with zero attached hydrogens (tertiary/aromatic N) is 5. The monoisotopic (exact) mass is 596 g/mol. The first-order valence-corrected chi connectivity index (χ1v) is 16.2. The minimum Gasteiger partial charge on any atom is -0.508 e. The number of aromatic hydroxyl groups is 1. The molecule has 2 aromatic carbocycles. The van der Waals surface area contributed by atoms with Crippen LogP contribution in [0.15, 0.2) is 30.3 Å². The lowest BCUT2D eigenvalue weighted by Crippen LogP contribution is -2.60. The molecule has 0 spiro atoms. The third-order valence-corrected chi connectivity index (χ3v) is 10.9. The van der Waals surface area contributed by atoms with Crippen LogP contribution in [0.2, 0.25) is 0 Å². The molecular formula is C34H37FN6O3. The van der Waals surface area contributed by atoms with Crippen LogP contribution in [0.3, 0.4) is 0 Å². The summed E-state index contributed by atoms with van der Waals surface area (Å²) in [7, 11) is 0. The van der Waals surface area contributed by atoms with Crippen molar-refractivity contribution in [2.24, 2.45) is 0 Å². The highest BCUT2D eigenvalue weighted by Crippen LogP contribution is 2.45. The predicted octanol–water partition coefficient (Wildman–Crippen LogP) is 4.96. The predicted molar refractivity (Wildman–Crippen MR) is 166 cm³/mol. The van der Waals surface area contributed by atoms with E-state index >= 15 is 4.39 Å². The Hall–Kier alpha value is -3.76. The average molecular weight is 597 g/mol. The zero-order valence-electron chi connectivity index (χ0n) is 25.0. The van der Waals surface area contributed by atoms with Crippen LogP contribution in [0.1, 0.15) is 51.0 Å². The highest BCUT2D eigenvalue weighted by Gasteiger charge is 2.46. The minimum absolute atomic E-state index is 0.0103. The molecule has 3 atom stereocenters. The van der Waals surface area contributed by atoms with Crippen molar-refractivity contribution in [1.29, 1.82) is 0 Å². The lowest BCUT2D eigenvalue weighted by molar-refractivity contribution is 0.108. The molecule has 44 heavy (non-hydrogen) atoms. The smallest absolute Gasteiger partial charge is 0.319 e. The van der Waals surface area contributed by atoms with E-state index in [1.54, 1.807) is 12.1 Å². The Morgan fingerprint density at radius 2 is 1.98 bits per heavy atom. The maximum absolute atomic E-state index is 17.0. The number of halogens is 1. The zero-order valence-corrected chi connectivity index (χ0v) is 25.0. The van der Waals surface area contributed by atoms with Crippen LogP contribution in [0.25, 0.3) is 32.9 Å². The van der Waals surface area contributed by atoms with Crippen molar-refractivity contribution in [1.82, 2.24) is 25.2 Å². The third-order valence-electron chi connectivity index (χ3n) is 10.9. The van der Waals surface area contributed by atoms with Gasteiger partial charge in [0.05, 0.1) is 11.6 Å². The second kappa shape index (κ2) is 9.87. The fraction of sp³-hybridized carbons (Fsp3) is 0.500. The van der Waals surface area contributed by atoms with Gasteiger partial charge in [-0.3, -0.25) is 4.90 Å². The Kier molecular flexibility index (Phi) is 5.97. The van der Waals surface area contributed by atoms with Crippen molar-refractivity contribution in [3.05, 3.63) is 41.7 Å². The second-order valence-electron chi connectivity index (χ2n) is 13.3. The number of aryl methyl sites for hydroxylation is 1. The third kappa shape index (κ3) is 3.92. The number of pyridine rings is 1. The van der Waals surface area contributed by atoms with Gasteiger partial charge in [-0.25, -0.2) is 9.37 Å². The van der Waals surface area contributed by atoms with Crippen LogP contribution < -0.4 is 19.7 Å². The maximum atomic E-state index is 17.0. The molecule has 9 rings (SSSR count). The fourth-order valence-electron chi connectivity index (χ4n) is 8.79. The summed E-state index contributed by atoms with van der Waals surface area (Å²) in [5.74, 6) is 0.459. The van der Waals surface area contributed by atoms with Gasteiger partial charge < -0.3 is 24.8 Å². The summed E-state index contributed by atoms with van der Waals surface area (Å²) in [5.41, 5.74) is 1.84. The van der Waals surface area contributed by atoms with Crippen molar-refractivity contribution in [3.8, 4) is 28.9 Å². The molecule has 5 aliphatic rings. The molecular weight excluding hydrogens is 559 g/mol. The van der Waals surface area contributed by atoms with E-state index in [0.29, 0.717) is 41.9 Å². The van der Waals surface area contributed by atoms with E-state index in [4.69, 9.17) is 24.4 Å². The van der Waals surface area contributed by atoms with Crippen LogP contribution in [0.4, 0.5) is 10.2 Å². The first kappa shape index (κ1) is 26.6. The van der Waals surface area contributed by atoms with Gasteiger partial charge in [0.25, 0.3) is 0 Å². The Bertz CT molecular complexity index is 1810. The van der Waals surface area contributed by atoms with E-state index in [1.165, 1.54) is 12.8 Å². The molecule has 7 heterocycles. The van der Waals surface area contributed by atoms with Gasteiger partial charge >= 0.3 is 6.01 Å². The molecule has 5 aliphatic heterocycles.